The van der Waals surface area contributed by atoms with E-state index in [4.69, 9.17) is 0 Å². The number of aromatic nitrogens is 3. The molecule has 5 nitrogen and oxygen atoms in total. The van der Waals surface area contributed by atoms with Gasteiger partial charge in [0.15, 0.2) is 5.82 Å². The van der Waals surface area contributed by atoms with Crippen LogP contribution in [0.25, 0.3) is 11.4 Å². The van der Waals surface area contributed by atoms with Crippen molar-refractivity contribution in [3.8, 4) is 11.4 Å². The van der Waals surface area contributed by atoms with Gasteiger partial charge in [-0.05, 0) is 30.4 Å². The molecule has 1 aromatic heterocycles. The SMILES string of the molecule is CCc1ccc(C2CCCN(C(=O)Cc3nnc(-c4ccccc4)n3C)C2)cc1. The number of hydrogen-bond acceptors (Lipinski definition) is 3. The average Bonchev–Trinajstić information content (AvgIpc) is 3.14. The van der Waals surface area contributed by atoms with Crippen molar-refractivity contribution in [3.05, 3.63) is 71.5 Å². The highest BCUT2D eigenvalue weighted by molar-refractivity contribution is 5.78. The van der Waals surface area contributed by atoms with Gasteiger partial charge in [0.25, 0.3) is 0 Å². The minimum Gasteiger partial charge on any atom is -0.342 e. The van der Waals surface area contributed by atoms with Crippen molar-refractivity contribution in [2.45, 2.75) is 38.5 Å². The fourth-order valence-electron chi connectivity index (χ4n) is 4.10. The summed E-state index contributed by atoms with van der Waals surface area (Å²) in [5.41, 5.74) is 3.70. The Balaban J connectivity index is 1.44. The number of carbonyl (C=O) groups excluding carboxylic acids is 1. The molecule has 0 spiro atoms. The first kappa shape index (κ1) is 19.4. The van der Waals surface area contributed by atoms with Crippen molar-refractivity contribution in [1.29, 1.82) is 0 Å². The second-order valence-corrected chi connectivity index (χ2v) is 7.82. The van der Waals surface area contributed by atoms with E-state index in [0.29, 0.717) is 11.7 Å². The molecule has 2 heterocycles. The summed E-state index contributed by atoms with van der Waals surface area (Å²) in [6, 6.07) is 18.8. The quantitative estimate of drug-likeness (QED) is 0.664. The van der Waals surface area contributed by atoms with Gasteiger partial charge in [0.2, 0.25) is 5.91 Å². The molecule has 1 saturated heterocycles. The van der Waals surface area contributed by atoms with E-state index in [2.05, 4.69) is 41.4 Å². The molecule has 1 fully saturated rings. The van der Waals surface area contributed by atoms with Crippen molar-refractivity contribution in [1.82, 2.24) is 19.7 Å². The standard InChI is InChI=1S/C24H28N4O/c1-3-18-11-13-19(14-12-18)21-10-7-15-28(17-21)23(29)16-22-25-26-24(27(22)2)20-8-5-4-6-9-20/h4-6,8-9,11-14,21H,3,7,10,15-17H2,1-2H3. The Bertz CT molecular complexity index is 962. The molecule has 1 amide bonds. The van der Waals surface area contributed by atoms with Crippen molar-refractivity contribution in [3.63, 3.8) is 0 Å². The molecule has 0 radical (unpaired) electrons. The van der Waals surface area contributed by atoms with E-state index in [-0.39, 0.29) is 12.3 Å². The smallest absolute Gasteiger partial charge is 0.230 e. The maximum atomic E-state index is 13.0. The summed E-state index contributed by atoms with van der Waals surface area (Å²) >= 11 is 0. The topological polar surface area (TPSA) is 51.0 Å². The molecule has 1 aliphatic rings. The van der Waals surface area contributed by atoms with Crippen LogP contribution in [0.3, 0.4) is 0 Å². The van der Waals surface area contributed by atoms with Gasteiger partial charge in [0.1, 0.15) is 5.82 Å². The zero-order valence-electron chi connectivity index (χ0n) is 17.2. The highest BCUT2D eigenvalue weighted by Gasteiger charge is 2.26. The summed E-state index contributed by atoms with van der Waals surface area (Å²) in [5.74, 6) is 2.05. The Morgan fingerprint density at radius 1 is 1.07 bits per heavy atom. The summed E-state index contributed by atoms with van der Waals surface area (Å²) in [4.78, 5) is 15.0. The zero-order chi connectivity index (χ0) is 20.2. The Morgan fingerprint density at radius 3 is 2.55 bits per heavy atom. The number of nitrogens with zero attached hydrogens (tertiary/aromatic N) is 4. The van der Waals surface area contributed by atoms with Crippen LogP contribution in [0.5, 0.6) is 0 Å². The largest absolute Gasteiger partial charge is 0.342 e. The minimum atomic E-state index is 0.134. The van der Waals surface area contributed by atoms with Crippen molar-refractivity contribution < 1.29 is 4.79 Å². The predicted octanol–water partition coefficient (Wildman–Crippen LogP) is 3.99. The van der Waals surface area contributed by atoms with Crippen LogP contribution in [0.15, 0.2) is 54.6 Å². The highest BCUT2D eigenvalue weighted by Crippen LogP contribution is 2.27. The molecule has 0 saturated carbocycles. The third-order valence-electron chi connectivity index (χ3n) is 5.94. The summed E-state index contributed by atoms with van der Waals surface area (Å²) in [7, 11) is 1.93. The molecule has 2 aromatic carbocycles. The first-order chi connectivity index (χ1) is 14.2. The predicted molar refractivity (Wildman–Crippen MR) is 115 cm³/mol. The third-order valence-corrected chi connectivity index (χ3v) is 5.94. The lowest BCUT2D eigenvalue weighted by Crippen LogP contribution is -2.40. The van der Waals surface area contributed by atoms with Crippen LogP contribution in [0, 0.1) is 0 Å². The number of likely N-dealkylation sites (tertiary alicyclic amines) is 1. The second kappa shape index (κ2) is 8.60. The third kappa shape index (κ3) is 4.24. The number of benzene rings is 2. The molecule has 0 bridgehead atoms. The maximum Gasteiger partial charge on any atom is 0.230 e. The van der Waals surface area contributed by atoms with Gasteiger partial charge >= 0.3 is 0 Å². The van der Waals surface area contributed by atoms with E-state index >= 15 is 0 Å². The lowest BCUT2D eigenvalue weighted by molar-refractivity contribution is -0.131. The molecule has 4 rings (SSSR count). The molecule has 3 aromatic rings. The monoisotopic (exact) mass is 388 g/mol. The van der Waals surface area contributed by atoms with Crippen molar-refractivity contribution >= 4 is 5.91 Å². The van der Waals surface area contributed by atoms with E-state index in [1.807, 2.05) is 46.8 Å². The van der Waals surface area contributed by atoms with E-state index in [1.54, 1.807) is 0 Å². The summed E-state index contributed by atoms with van der Waals surface area (Å²) < 4.78 is 1.93. The minimum absolute atomic E-state index is 0.134. The fourth-order valence-corrected chi connectivity index (χ4v) is 4.10. The summed E-state index contributed by atoms with van der Waals surface area (Å²) in [5, 5.41) is 8.59. The maximum absolute atomic E-state index is 13.0. The molecular formula is C24H28N4O. The summed E-state index contributed by atoms with van der Waals surface area (Å²) in [6.07, 6.45) is 3.52. The summed E-state index contributed by atoms with van der Waals surface area (Å²) in [6.45, 7) is 3.78. The van der Waals surface area contributed by atoms with E-state index < -0.39 is 0 Å². The number of carbonyl (C=O) groups is 1. The van der Waals surface area contributed by atoms with Gasteiger partial charge in [-0.3, -0.25) is 4.79 Å². The first-order valence-corrected chi connectivity index (χ1v) is 10.5. The van der Waals surface area contributed by atoms with Crippen LogP contribution in [-0.4, -0.2) is 38.7 Å². The van der Waals surface area contributed by atoms with E-state index in [9.17, 15) is 4.79 Å². The number of rotatable bonds is 5. The first-order valence-electron chi connectivity index (χ1n) is 10.5. The van der Waals surface area contributed by atoms with Crippen LogP contribution >= 0.6 is 0 Å². The van der Waals surface area contributed by atoms with E-state index in [1.165, 1.54) is 11.1 Å². The number of aryl methyl sites for hydroxylation is 1. The number of amides is 1. The Hall–Kier alpha value is -2.95. The van der Waals surface area contributed by atoms with Gasteiger partial charge < -0.3 is 9.47 Å². The molecule has 29 heavy (non-hydrogen) atoms. The van der Waals surface area contributed by atoms with Crippen molar-refractivity contribution in [2.24, 2.45) is 7.05 Å². The Morgan fingerprint density at radius 2 is 1.83 bits per heavy atom. The van der Waals surface area contributed by atoms with Gasteiger partial charge in [0, 0.05) is 31.6 Å². The highest BCUT2D eigenvalue weighted by atomic mass is 16.2. The Labute approximate surface area is 172 Å². The molecule has 0 aliphatic carbocycles. The van der Waals surface area contributed by atoms with Gasteiger partial charge in [0.05, 0.1) is 6.42 Å². The zero-order valence-corrected chi connectivity index (χ0v) is 17.2. The second-order valence-electron chi connectivity index (χ2n) is 7.82. The van der Waals surface area contributed by atoms with Gasteiger partial charge in [-0.25, -0.2) is 0 Å². The lowest BCUT2D eigenvalue weighted by atomic mass is 9.90. The van der Waals surface area contributed by atoms with Crippen molar-refractivity contribution in [2.75, 3.05) is 13.1 Å². The molecular weight excluding hydrogens is 360 g/mol. The average molecular weight is 389 g/mol. The molecule has 1 atom stereocenters. The van der Waals surface area contributed by atoms with Crippen LogP contribution in [0.2, 0.25) is 0 Å². The van der Waals surface area contributed by atoms with Gasteiger partial charge in [-0.2, -0.15) is 0 Å². The Kier molecular flexibility index (Phi) is 5.74. The van der Waals surface area contributed by atoms with Crippen LogP contribution in [0.4, 0.5) is 0 Å². The number of piperidine rings is 1. The normalized spacial score (nSPS) is 16.8. The molecule has 150 valence electrons. The molecule has 1 unspecified atom stereocenters. The van der Waals surface area contributed by atoms with Gasteiger partial charge in [-0.1, -0.05) is 61.5 Å². The van der Waals surface area contributed by atoms with Crippen LogP contribution in [0.1, 0.15) is 42.6 Å². The van der Waals surface area contributed by atoms with Crippen LogP contribution in [-0.2, 0) is 24.7 Å². The van der Waals surface area contributed by atoms with Crippen LogP contribution < -0.4 is 0 Å². The fraction of sp³-hybridized carbons (Fsp3) is 0.375. The molecule has 5 heteroatoms. The number of hydrogen-bond donors (Lipinski definition) is 0. The van der Waals surface area contributed by atoms with Gasteiger partial charge in [-0.15, -0.1) is 10.2 Å². The molecule has 0 N–H and O–H groups in total. The molecule has 1 aliphatic heterocycles. The lowest BCUT2D eigenvalue weighted by Gasteiger charge is -2.33. The van der Waals surface area contributed by atoms with E-state index in [0.717, 1.165) is 43.7 Å².